The largest absolute Gasteiger partial charge is 0.490 e. The number of benzene rings is 2. The molecule has 192 valence electrons. The highest BCUT2D eigenvalue weighted by Gasteiger charge is 2.18. The molecule has 3 rings (SSSR count). The van der Waals surface area contributed by atoms with E-state index in [4.69, 9.17) is 10.5 Å². The molecular formula is C28H31N5O4. The van der Waals surface area contributed by atoms with Gasteiger partial charge in [0.15, 0.2) is 11.6 Å². The number of rotatable bonds is 11. The van der Waals surface area contributed by atoms with Crippen LogP contribution in [0.5, 0.6) is 5.75 Å². The lowest BCUT2D eigenvalue weighted by atomic mass is 9.99. The number of Topliss-reactive ketones (excluding diaryl/α,β-unsaturated/α-hetero) is 1. The van der Waals surface area contributed by atoms with E-state index >= 15 is 0 Å². The minimum atomic E-state index is -0.451. The summed E-state index contributed by atoms with van der Waals surface area (Å²) in [5.41, 5.74) is 8.44. The third-order valence-electron chi connectivity index (χ3n) is 5.72. The monoisotopic (exact) mass is 501 g/mol. The highest BCUT2D eigenvalue weighted by atomic mass is 16.5. The summed E-state index contributed by atoms with van der Waals surface area (Å²) < 4.78 is 7.32. The Morgan fingerprint density at radius 3 is 2.43 bits per heavy atom. The molecule has 37 heavy (non-hydrogen) atoms. The summed E-state index contributed by atoms with van der Waals surface area (Å²) in [4.78, 5) is 40.5. The third-order valence-corrected chi connectivity index (χ3v) is 5.72. The predicted octanol–water partition coefficient (Wildman–Crippen LogP) is 3.56. The molecule has 2 amide bonds. The Labute approximate surface area is 216 Å². The average Bonchev–Trinajstić information content (AvgIpc) is 3.24. The van der Waals surface area contributed by atoms with Gasteiger partial charge in [0, 0.05) is 43.8 Å². The highest BCUT2D eigenvalue weighted by Crippen LogP contribution is 2.22. The topological polar surface area (TPSA) is 140 Å². The summed E-state index contributed by atoms with van der Waals surface area (Å²) in [6.45, 7) is 5.19. The molecule has 0 fully saturated rings. The lowest BCUT2D eigenvalue weighted by Gasteiger charge is -2.19. The van der Waals surface area contributed by atoms with Crippen molar-refractivity contribution in [3.8, 4) is 23.1 Å². The minimum Gasteiger partial charge on any atom is -0.490 e. The molecule has 0 spiro atoms. The van der Waals surface area contributed by atoms with Crippen LogP contribution in [0.4, 0.5) is 0 Å². The number of amides is 2. The van der Waals surface area contributed by atoms with Crippen LogP contribution in [0.3, 0.4) is 0 Å². The zero-order chi connectivity index (χ0) is 27.1. The maximum Gasteiger partial charge on any atom is 0.251 e. The summed E-state index contributed by atoms with van der Waals surface area (Å²) in [5, 5.41) is 12.4. The van der Waals surface area contributed by atoms with Gasteiger partial charge >= 0.3 is 0 Å². The number of hydrogen-bond acceptors (Lipinski definition) is 6. The molecule has 0 aliphatic carbocycles. The van der Waals surface area contributed by atoms with Crippen LogP contribution in [0.2, 0.25) is 0 Å². The highest BCUT2D eigenvalue weighted by molar-refractivity contribution is 5.95. The standard InChI is InChI=1S/C28H31N5O4/c1-17(2)37-25-11-9-21(14-22(25)15-29)28(36)31-23(10-12-26(30)35)13-19-5-7-20(8-6-19)24-16-33(4)27(32-24)18(3)34/h5-9,11,14,16-17,23H,10,12-13H2,1-4H3,(H2,30,35)(H,31,36)/t23-/m1/s1. The summed E-state index contributed by atoms with van der Waals surface area (Å²) in [5.74, 6) is -0.112. The molecule has 0 saturated carbocycles. The van der Waals surface area contributed by atoms with Crippen LogP contribution < -0.4 is 15.8 Å². The van der Waals surface area contributed by atoms with E-state index in [1.165, 1.54) is 13.0 Å². The van der Waals surface area contributed by atoms with Crippen LogP contribution in [-0.4, -0.2) is 39.3 Å². The van der Waals surface area contributed by atoms with Crippen molar-refractivity contribution in [3.05, 3.63) is 71.2 Å². The Hall–Kier alpha value is -4.45. The zero-order valence-electron chi connectivity index (χ0n) is 21.4. The molecular weight excluding hydrogens is 470 g/mol. The fourth-order valence-corrected chi connectivity index (χ4v) is 3.95. The molecule has 0 radical (unpaired) electrons. The Kier molecular flexibility index (Phi) is 8.80. The number of aromatic nitrogens is 2. The van der Waals surface area contributed by atoms with Crippen molar-refractivity contribution in [2.24, 2.45) is 12.8 Å². The number of aryl methyl sites for hydroxylation is 1. The van der Waals surface area contributed by atoms with Gasteiger partial charge in [-0.3, -0.25) is 14.4 Å². The molecule has 3 aromatic rings. The molecule has 1 aromatic heterocycles. The third kappa shape index (κ3) is 7.27. The number of ketones is 1. The van der Waals surface area contributed by atoms with Gasteiger partial charge in [-0.2, -0.15) is 5.26 Å². The molecule has 9 nitrogen and oxygen atoms in total. The molecule has 0 bridgehead atoms. The number of carbonyl (C=O) groups excluding carboxylic acids is 3. The summed E-state index contributed by atoms with van der Waals surface area (Å²) in [6, 6.07) is 14.1. The van der Waals surface area contributed by atoms with E-state index in [-0.39, 0.29) is 35.8 Å². The molecule has 1 heterocycles. The van der Waals surface area contributed by atoms with Gasteiger partial charge in [-0.1, -0.05) is 24.3 Å². The first kappa shape index (κ1) is 27.1. The number of nitrogens with two attached hydrogens (primary N) is 1. The second-order valence-electron chi connectivity index (χ2n) is 9.18. The van der Waals surface area contributed by atoms with Gasteiger partial charge in [-0.15, -0.1) is 0 Å². The van der Waals surface area contributed by atoms with Gasteiger partial charge < -0.3 is 20.4 Å². The number of carbonyl (C=O) groups is 3. The van der Waals surface area contributed by atoms with E-state index in [1.807, 2.05) is 38.1 Å². The zero-order valence-corrected chi connectivity index (χ0v) is 21.4. The quantitative estimate of drug-likeness (QED) is 0.385. The predicted molar refractivity (Wildman–Crippen MR) is 139 cm³/mol. The fourth-order valence-electron chi connectivity index (χ4n) is 3.95. The maximum atomic E-state index is 13.0. The molecule has 0 unspecified atom stereocenters. The van der Waals surface area contributed by atoms with Crippen LogP contribution in [0.15, 0.2) is 48.7 Å². The first-order valence-corrected chi connectivity index (χ1v) is 12.0. The van der Waals surface area contributed by atoms with Crippen molar-refractivity contribution < 1.29 is 19.1 Å². The number of primary amides is 1. The molecule has 0 aliphatic heterocycles. The average molecular weight is 502 g/mol. The molecule has 0 aliphatic rings. The summed E-state index contributed by atoms with van der Waals surface area (Å²) in [6.07, 6.45) is 2.65. The van der Waals surface area contributed by atoms with Crippen molar-refractivity contribution >= 4 is 17.6 Å². The summed E-state index contributed by atoms with van der Waals surface area (Å²) >= 11 is 0. The van der Waals surface area contributed by atoms with Crippen LogP contribution in [0.25, 0.3) is 11.3 Å². The maximum absolute atomic E-state index is 13.0. The Morgan fingerprint density at radius 2 is 1.86 bits per heavy atom. The normalized spacial score (nSPS) is 11.6. The molecule has 9 heteroatoms. The smallest absolute Gasteiger partial charge is 0.251 e. The van der Waals surface area contributed by atoms with Gasteiger partial charge in [0.05, 0.1) is 17.4 Å². The van der Waals surface area contributed by atoms with Crippen LogP contribution in [0.1, 0.15) is 65.7 Å². The summed E-state index contributed by atoms with van der Waals surface area (Å²) in [7, 11) is 1.78. The lowest BCUT2D eigenvalue weighted by molar-refractivity contribution is -0.118. The van der Waals surface area contributed by atoms with Gasteiger partial charge in [-0.25, -0.2) is 4.98 Å². The van der Waals surface area contributed by atoms with E-state index in [0.717, 1.165) is 11.1 Å². The molecule has 2 aromatic carbocycles. The van der Waals surface area contributed by atoms with Gasteiger partial charge in [0.25, 0.3) is 5.91 Å². The Balaban J connectivity index is 1.76. The lowest BCUT2D eigenvalue weighted by Crippen LogP contribution is -2.37. The fraction of sp³-hybridized carbons (Fsp3) is 0.321. The van der Waals surface area contributed by atoms with Crippen molar-refractivity contribution in [1.29, 1.82) is 5.26 Å². The van der Waals surface area contributed by atoms with E-state index in [0.29, 0.717) is 35.7 Å². The first-order valence-electron chi connectivity index (χ1n) is 12.0. The number of nitrogens with zero attached hydrogens (tertiary/aromatic N) is 3. The Bertz CT molecular complexity index is 1340. The van der Waals surface area contributed by atoms with Gasteiger partial charge in [-0.05, 0) is 50.5 Å². The van der Waals surface area contributed by atoms with E-state index in [1.54, 1.807) is 29.9 Å². The van der Waals surface area contributed by atoms with Crippen LogP contribution >= 0.6 is 0 Å². The number of imidazole rings is 1. The molecule has 0 saturated heterocycles. The number of hydrogen-bond donors (Lipinski definition) is 2. The van der Waals surface area contributed by atoms with Crippen LogP contribution in [0, 0.1) is 11.3 Å². The van der Waals surface area contributed by atoms with E-state index in [9.17, 15) is 19.6 Å². The second-order valence-corrected chi connectivity index (χ2v) is 9.18. The van der Waals surface area contributed by atoms with Crippen molar-refractivity contribution in [2.45, 2.75) is 52.2 Å². The van der Waals surface area contributed by atoms with Gasteiger partial charge in [0.2, 0.25) is 5.91 Å². The minimum absolute atomic E-state index is 0.106. The van der Waals surface area contributed by atoms with E-state index < -0.39 is 5.91 Å². The van der Waals surface area contributed by atoms with Gasteiger partial charge in [0.1, 0.15) is 11.8 Å². The van der Waals surface area contributed by atoms with E-state index in [2.05, 4.69) is 16.4 Å². The first-order chi connectivity index (χ1) is 17.6. The number of nitrogens with one attached hydrogen (secondary N) is 1. The Morgan fingerprint density at radius 1 is 1.16 bits per heavy atom. The van der Waals surface area contributed by atoms with Crippen molar-refractivity contribution in [2.75, 3.05) is 0 Å². The SMILES string of the molecule is CC(=O)c1nc(-c2ccc(C[C@@H](CCC(N)=O)NC(=O)c3ccc(OC(C)C)c(C#N)c3)cc2)cn1C. The van der Waals surface area contributed by atoms with Crippen molar-refractivity contribution in [3.63, 3.8) is 0 Å². The number of ether oxygens (including phenoxy) is 1. The van der Waals surface area contributed by atoms with Crippen molar-refractivity contribution in [1.82, 2.24) is 14.9 Å². The molecule has 3 N–H and O–H groups in total. The number of nitriles is 1. The second kappa shape index (κ2) is 12.0. The van der Waals surface area contributed by atoms with Crippen LogP contribution in [-0.2, 0) is 18.3 Å². The molecule has 1 atom stereocenters.